The molecule has 0 bridgehead atoms. The van der Waals surface area contributed by atoms with Crippen molar-refractivity contribution in [3.05, 3.63) is 54.7 Å². The number of anilines is 1. The number of benzene rings is 2. The molecule has 9 heteroatoms. The predicted octanol–water partition coefficient (Wildman–Crippen LogP) is 2.12. The minimum Gasteiger partial charge on any atom is -0.508 e. The van der Waals surface area contributed by atoms with Crippen molar-refractivity contribution in [1.82, 2.24) is 14.3 Å². The number of hydrogen-bond acceptors (Lipinski definition) is 7. The molecule has 0 unspecified atom stereocenters. The zero-order valence-corrected chi connectivity index (χ0v) is 16.3. The number of phenolic OH excluding ortho intramolecular Hbond substituents is 1. The molecule has 0 atom stereocenters. The van der Waals surface area contributed by atoms with Crippen LogP contribution in [0, 0.1) is 0 Å². The lowest BCUT2D eigenvalue weighted by Crippen LogP contribution is -2.40. The fraction of sp³-hybridized carbons (Fsp3) is 0.200. The molecule has 1 fully saturated rings. The monoisotopic (exact) mass is 412 g/mol. The molecule has 1 aliphatic heterocycles. The minimum atomic E-state index is -3.55. The van der Waals surface area contributed by atoms with Crippen LogP contribution in [0.2, 0.25) is 0 Å². The van der Waals surface area contributed by atoms with Gasteiger partial charge < -0.3 is 15.6 Å². The number of nitrogens with two attached hydrogens (primary N) is 1. The molecule has 0 aliphatic carbocycles. The van der Waals surface area contributed by atoms with Gasteiger partial charge in [0.15, 0.2) is 0 Å². The lowest BCUT2D eigenvalue weighted by Gasteiger charge is -2.26. The fourth-order valence-corrected chi connectivity index (χ4v) is 4.51. The van der Waals surface area contributed by atoms with E-state index in [1.807, 2.05) is 0 Å². The van der Waals surface area contributed by atoms with Crippen LogP contribution in [0.3, 0.4) is 0 Å². The number of sulfonamides is 1. The van der Waals surface area contributed by atoms with Crippen LogP contribution in [0.4, 0.5) is 5.82 Å². The summed E-state index contributed by atoms with van der Waals surface area (Å²) in [6.07, 6.45) is 1.55. The van der Waals surface area contributed by atoms with Gasteiger partial charge in [-0.2, -0.15) is 4.31 Å². The first-order valence-electron chi connectivity index (χ1n) is 9.05. The van der Waals surface area contributed by atoms with Crippen molar-refractivity contribution >= 4 is 15.8 Å². The number of morpholine rings is 1. The number of ether oxygens (including phenoxy) is 1. The summed E-state index contributed by atoms with van der Waals surface area (Å²) in [7, 11) is -3.55. The molecular weight excluding hydrogens is 392 g/mol. The van der Waals surface area contributed by atoms with Crippen molar-refractivity contribution in [2.24, 2.45) is 0 Å². The Bertz CT molecular complexity index is 1110. The van der Waals surface area contributed by atoms with E-state index in [1.165, 1.54) is 4.31 Å². The van der Waals surface area contributed by atoms with Gasteiger partial charge in [-0.25, -0.2) is 18.4 Å². The van der Waals surface area contributed by atoms with Crippen molar-refractivity contribution in [3.8, 4) is 28.3 Å². The van der Waals surface area contributed by atoms with Crippen LogP contribution in [-0.2, 0) is 14.8 Å². The molecular formula is C20H20N4O4S. The molecule has 3 aromatic rings. The molecule has 2 heterocycles. The molecule has 29 heavy (non-hydrogen) atoms. The summed E-state index contributed by atoms with van der Waals surface area (Å²) in [6, 6.07) is 13.1. The van der Waals surface area contributed by atoms with Crippen molar-refractivity contribution in [1.29, 1.82) is 0 Å². The normalized spacial score (nSPS) is 15.3. The maximum Gasteiger partial charge on any atom is 0.243 e. The first-order valence-corrected chi connectivity index (χ1v) is 10.5. The Kier molecular flexibility index (Phi) is 5.18. The fourth-order valence-electron chi connectivity index (χ4n) is 3.10. The molecule has 0 radical (unpaired) electrons. The average molecular weight is 412 g/mol. The van der Waals surface area contributed by atoms with Crippen LogP contribution < -0.4 is 5.73 Å². The van der Waals surface area contributed by atoms with E-state index < -0.39 is 10.0 Å². The van der Waals surface area contributed by atoms with Crippen molar-refractivity contribution in [2.75, 3.05) is 32.0 Å². The lowest BCUT2D eigenvalue weighted by atomic mass is 10.1. The number of nitrogens with zero attached hydrogens (tertiary/aromatic N) is 3. The third-order valence-corrected chi connectivity index (χ3v) is 6.61. The molecule has 4 rings (SSSR count). The minimum absolute atomic E-state index is 0.147. The van der Waals surface area contributed by atoms with Gasteiger partial charge in [-0.3, -0.25) is 0 Å². The lowest BCUT2D eigenvalue weighted by molar-refractivity contribution is 0.0730. The molecule has 0 amide bonds. The number of rotatable bonds is 4. The molecule has 2 aromatic carbocycles. The van der Waals surface area contributed by atoms with Crippen LogP contribution in [0.25, 0.3) is 22.5 Å². The Morgan fingerprint density at radius 1 is 0.966 bits per heavy atom. The highest BCUT2D eigenvalue weighted by Crippen LogP contribution is 2.28. The molecule has 1 aromatic heterocycles. The molecule has 150 valence electrons. The van der Waals surface area contributed by atoms with Crippen LogP contribution in [0.1, 0.15) is 0 Å². The second-order valence-corrected chi connectivity index (χ2v) is 8.51. The maximum atomic E-state index is 12.8. The third kappa shape index (κ3) is 3.93. The van der Waals surface area contributed by atoms with E-state index in [-0.39, 0.29) is 16.5 Å². The summed E-state index contributed by atoms with van der Waals surface area (Å²) in [5.74, 6) is 0.416. The largest absolute Gasteiger partial charge is 0.508 e. The highest BCUT2D eigenvalue weighted by atomic mass is 32.2. The van der Waals surface area contributed by atoms with E-state index >= 15 is 0 Å². The van der Waals surface area contributed by atoms with E-state index in [4.69, 9.17) is 10.5 Å². The Morgan fingerprint density at radius 3 is 2.24 bits per heavy atom. The molecule has 1 aliphatic rings. The Hall–Kier alpha value is -3.01. The topological polar surface area (TPSA) is 119 Å². The van der Waals surface area contributed by atoms with Gasteiger partial charge in [0.05, 0.1) is 30.0 Å². The number of aromatic nitrogens is 2. The van der Waals surface area contributed by atoms with E-state index in [1.54, 1.807) is 54.7 Å². The summed E-state index contributed by atoms with van der Waals surface area (Å²) in [5, 5.41) is 9.46. The summed E-state index contributed by atoms with van der Waals surface area (Å²) >= 11 is 0. The summed E-state index contributed by atoms with van der Waals surface area (Å²) < 4.78 is 32.2. The van der Waals surface area contributed by atoms with Gasteiger partial charge in [-0.15, -0.1) is 0 Å². The van der Waals surface area contributed by atoms with Crippen LogP contribution >= 0.6 is 0 Å². The smallest absolute Gasteiger partial charge is 0.243 e. The SMILES string of the molecule is Nc1ncc(-c2ccc(S(=O)(=O)N3CCOCC3)cc2)nc1-c1ccc(O)cc1. The summed E-state index contributed by atoms with van der Waals surface area (Å²) in [6.45, 7) is 1.50. The number of nitrogen functional groups attached to an aromatic ring is 1. The van der Waals surface area contributed by atoms with Gasteiger partial charge >= 0.3 is 0 Å². The summed E-state index contributed by atoms with van der Waals surface area (Å²) in [4.78, 5) is 9.02. The highest BCUT2D eigenvalue weighted by molar-refractivity contribution is 7.89. The molecule has 3 N–H and O–H groups in total. The zero-order chi connectivity index (χ0) is 20.4. The van der Waals surface area contributed by atoms with Crippen molar-refractivity contribution in [3.63, 3.8) is 0 Å². The average Bonchev–Trinajstić information content (AvgIpc) is 2.75. The predicted molar refractivity (Wildman–Crippen MR) is 109 cm³/mol. The van der Waals surface area contributed by atoms with E-state index in [0.717, 1.165) is 11.1 Å². The number of hydrogen-bond donors (Lipinski definition) is 2. The maximum absolute atomic E-state index is 12.8. The van der Waals surface area contributed by atoms with Crippen LogP contribution in [-0.4, -0.2) is 54.1 Å². The molecule has 0 saturated carbocycles. The zero-order valence-electron chi connectivity index (χ0n) is 15.5. The number of aromatic hydroxyl groups is 1. The Morgan fingerprint density at radius 2 is 1.59 bits per heavy atom. The molecule has 8 nitrogen and oxygen atoms in total. The van der Waals surface area contributed by atoms with Gasteiger partial charge in [-0.05, 0) is 36.4 Å². The second kappa shape index (κ2) is 7.78. The summed E-state index contributed by atoms with van der Waals surface area (Å²) in [5.41, 5.74) is 8.47. The third-order valence-electron chi connectivity index (χ3n) is 4.70. The highest BCUT2D eigenvalue weighted by Gasteiger charge is 2.26. The Labute approximate surface area is 168 Å². The van der Waals surface area contributed by atoms with Gasteiger partial charge in [0.2, 0.25) is 10.0 Å². The van der Waals surface area contributed by atoms with Gasteiger partial charge in [0, 0.05) is 24.2 Å². The quantitative estimate of drug-likeness (QED) is 0.674. The first-order chi connectivity index (χ1) is 13.9. The van der Waals surface area contributed by atoms with Crippen molar-refractivity contribution < 1.29 is 18.3 Å². The molecule has 0 spiro atoms. The standard InChI is InChI=1S/C20H20N4O4S/c21-20-19(15-1-5-16(25)6-2-15)23-18(13-22-20)14-3-7-17(8-4-14)29(26,27)24-9-11-28-12-10-24/h1-8,13,25H,9-12H2,(H2,21,22). The second-order valence-electron chi connectivity index (χ2n) is 6.58. The Balaban J connectivity index is 1.64. The van der Waals surface area contributed by atoms with E-state index in [9.17, 15) is 13.5 Å². The van der Waals surface area contributed by atoms with E-state index in [2.05, 4.69) is 9.97 Å². The van der Waals surface area contributed by atoms with Gasteiger partial charge in [0.1, 0.15) is 17.3 Å². The van der Waals surface area contributed by atoms with Crippen molar-refractivity contribution in [2.45, 2.75) is 4.90 Å². The van der Waals surface area contributed by atoms with E-state index in [0.29, 0.717) is 37.7 Å². The molecule has 1 saturated heterocycles. The first kappa shape index (κ1) is 19.3. The van der Waals surface area contributed by atoms with Gasteiger partial charge in [-0.1, -0.05) is 12.1 Å². The van der Waals surface area contributed by atoms with Crippen LogP contribution in [0.15, 0.2) is 59.6 Å². The number of phenols is 1. The van der Waals surface area contributed by atoms with Gasteiger partial charge in [0.25, 0.3) is 0 Å². The van der Waals surface area contributed by atoms with Crippen LogP contribution in [0.5, 0.6) is 5.75 Å².